The zero-order valence-electron chi connectivity index (χ0n) is 13.3. The van der Waals surface area contributed by atoms with Gasteiger partial charge in [0.2, 0.25) is 10.0 Å². The summed E-state index contributed by atoms with van der Waals surface area (Å²) >= 11 is 0. The van der Waals surface area contributed by atoms with Crippen molar-refractivity contribution in [1.29, 1.82) is 0 Å². The fourth-order valence-corrected chi connectivity index (χ4v) is 3.49. The summed E-state index contributed by atoms with van der Waals surface area (Å²) in [6.45, 7) is 5.34. The van der Waals surface area contributed by atoms with E-state index in [1.807, 2.05) is 13.8 Å². The highest BCUT2D eigenvalue weighted by atomic mass is 32.2. The van der Waals surface area contributed by atoms with Crippen molar-refractivity contribution in [3.05, 3.63) is 23.8 Å². The first-order chi connectivity index (χ1) is 10.2. The molecular formula is C15H23NO5S. The van der Waals surface area contributed by atoms with Crippen LogP contribution in [0.15, 0.2) is 23.1 Å². The van der Waals surface area contributed by atoms with E-state index in [-0.39, 0.29) is 17.4 Å². The second-order valence-electron chi connectivity index (χ2n) is 5.65. The molecule has 0 radical (unpaired) electrons. The molecule has 1 aromatic carbocycles. The molecule has 2 N–H and O–H groups in total. The number of hydrogen-bond donors (Lipinski definition) is 2. The van der Waals surface area contributed by atoms with Crippen LogP contribution in [-0.4, -0.2) is 33.1 Å². The number of carboxylic acids is 1. The summed E-state index contributed by atoms with van der Waals surface area (Å²) in [5, 5.41) is 9.16. The monoisotopic (exact) mass is 329 g/mol. The third-order valence-corrected chi connectivity index (χ3v) is 4.88. The van der Waals surface area contributed by atoms with Crippen LogP contribution in [0.2, 0.25) is 0 Å². The number of benzene rings is 1. The Balaban J connectivity index is 2.89. The van der Waals surface area contributed by atoms with Crippen LogP contribution < -0.4 is 9.46 Å². The molecule has 7 heteroatoms. The average molecular weight is 329 g/mol. The molecule has 0 aromatic heterocycles. The number of carbonyl (C=O) groups is 1. The lowest BCUT2D eigenvalue weighted by Gasteiger charge is -2.16. The second-order valence-corrected chi connectivity index (χ2v) is 7.38. The standard InChI is InChI=1S/C15H23NO5S/c1-10(2)7-12(15(17)18)9-16-22(19,20)14-6-5-13(21-4)8-11(14)3/h5-6,8,10,12,16H,7,9H2,1-4H3,(H,17,18). The first-order valence-electron chi connectivity index (χ1n) is 7.04. The summed E-state index contributed by atoms with van der Waals surface area (Å²) in [5.41, 5.74) is 0.544. The topological polar surface area (TPSA) is 92.7 Å². The number of nitrogens with one attached hydrogen (secondary N) is 1. The van der Waals surface area contributed by atoms with Crippen molar-refractivity contribution < 1.29 is 23.1 Å². The Kier molecular flexibility index (Phi) is 6.37. The van der Waals surface area contributed by atoms with Gasteiger partial charge in [-0.1, -0.05) is 13.8 Å². The maximum atomic E-state index is 12.3. The van der Waals surface area contributed by atoms with Crippen LogP contribution in [0.25, 0.3) is 0 Å². The van der Waals surface area contributed by atoms with Gasteiger partial charge in [0.15, 0.2) is 0 Å². The van der Waals surface area contributed by atoms with Gasteiger partial charge in [0, 0.05) is 6.54 Å². The molecule has 1 unspecified atom stereocenters. The maximum Gasteiger partial charge on any atom is 0.307 e. The Labute approximate surface area is 131 Å². The van der Waals surface area contributed by atoms with Gasteiger partial charge in [-0.05, 0) is 43.0 Å². The SMILES string of the molecule is COc1ccc(S(=O)(=O)NCC(CC(C)C)C(=O)O)c(C)c1. The average Bonchev–Trinajstić information content (AvgIpc) is 2.42. The summed E-state index contributed by atoms with van der Waals surface area (Å²) in [7, 11) is -2.24. The third-order valence-electron chi connectivity index (χ3n) is 3.30. The van der Waals surface area contributed by atoms with Gasteiger partial charge < -0.3 is 9.84 Å². The zero-order valence-corrected chi connectivity index (χ0v) is 14.1. The molecule has 22 heavy (non-hydrogen) atoms. The Morgan fingerprint density at radius 2 is 2.00 bits per heavy atom. The molecule has 0 saturated carbocycles. The number of methoxy groups -OCH3 is 1. The number of aliphatic carboxylic acids is 1. The lowest BCUT2D eigenvalue weighted by molar-refractivity contribution is -0.142. The Bertz CT molecular complexity index is 625. The number of rotatable bonds is 8. The van der Waals surface area contributed by atoms with E-state index >= 15 is 0 Å². The number of ether oxygens (including phenoxy) is 1. The van der Waals surface area contributed by atoms with E-state index in [2.05, 4.69) is 4.72 Å². The normalized spacial score (nSPS) is 13.1. The van der Waals surface area contributed by atoms with E-state index in [0.29, 0.717) is 17.7 Å². The molecule has 0 bridgehead atoms. The van der Waals surface area contributed by atoms with Crippen molar-refractivity contribution in [3.63, 3.8) is 0 Å². The molecule has 0 aliphatic carbocycles. The highest BCUT2D eigenvalue weighted by Crippen LogP contribution is 2.21. The largest absolute Gasteiger partial charge is 0.497 e. The molecule has 0 amide bonds. The van der Waals surface area contributed by atoms with Crippen LogP contribution in [0.1, 0.15) is 25.8 Å². The molecule has 1 aromatic rings. The van der Waals surface area contributed by atoms with Crippen molar-refractivity contribution in [3.8, 4) is 5.75 Å². The van der Waals surface area contributed by atoms with Gasteiger partial charge in [-0.3, -0.25) is 4.79 Å². The predicted molar refractivity (Wildman–Crippen MR) is 83.5 cm³/mol. The molecule has 1 atom stereocenters. The van der Waals surface area contributed by atoms with Crippen LogP contribution in [0.5, 0.6) is 5.75 Å². The smallest absolute Gasteiger partial charge is 0.307 e. The Hall–Kier alpha value is -1.60. The number of carboxylic acid groups (broad SMARTS) is 1. The van der Waals surface area contributed by atoms with Gasteiger partial charge in [0.1, 0.15) is 5.75 Å². The summed E-state index contributed by atoms with van der Waals surface area (Å²) in [6, 6.07) is 4.64. The number of sulfonamides is 1. The van der Waals surface area contributed by atoms with E-state index in [9.17, 15) is 13.2 Å². The first kappa shape index (κ1) is 18.4. The highest BCUT2D eigenvalue weighted by Gasteiger charge is 2.23. The number of aryl methyl sites for hydroxylation is 1. The molecule has 124 valence electrons. The molecular weight excluding hydrogens is 306 g/mol. The maximum absolute atomic E-state index is 12.3. The minimum atomic E-state index is -3.75. The van der Waals surface area contributed by atoms with Crippen LogP contribution in [0, 0.1) is 18.8 Å². The molecule has 1 rings (SSSR count). The van der Waals surface area contributed by atoms with Gasteiger partial charge in [-0.25, -0.2) is 13.1 Å². The minimum Gasteiger partial charge on any atom is -0.497 e. The lowest BCUT2D eigenvalue weighted by Crippen LogP contribution is -2.34. The summed E-state index contributed by atoms with van der Waals surface area (Å²) in [4.78, 5) is 11.3. The summed E-state index contributed by atoms with van der Waals surface area (Å²) in [5.74, 6) is -0.996. The minimum absolute atomic E-state index is 0.124. The molecule has 0 fully saturated rings. The van der Waals surface area contributed by atoms with Crippen molar-refractivity contribution in [2.45, 2.75) is 32.1 Å². The van der Waals surface area contributed by atoms with Crippen molar-refractivity contribution in [1.82, 2.24) is 4.72 Å². The molecule has 0 heterocycles. The van der Waals surface area contributed by atoms with E-state index in [4.69, 9.17) is 9.84 Å². The molecule has 6 nitrogen and oxygen atoms in total. The summed E-state index contributed by atoms with van der Waals surface area (Å²) in [6.07, 6.45) is 0.416. The lowest BCUT2D eigenvalue weighted by atomic mass is 9.98. The van der Waals surface area contributed by atoms with Crippen LogP contribution in [0.3, 0.4) is 0 Å². The van der Waals surface area contributed by atoms with E-state index in [1.54, 1.807) is 19.1 Å². The number of hydrogen-bond acceptors (Lipinski definition) is 4. The molecule has 0 aliphatic rings. The van der Waals surface area contributed by atoms with Gasteiger partial charge in [-0.2, -0.15) is 0 Å². The Morgan fingerprint density at radius 1 is 1.36 bits per heavy atom. The van der Waals surface area contributed by atoms with Gasteiger partial charge in [-0.15, -0.1) is 0 Å². The molecule has 0 spiro atoms. The van der Waals surface area contributed by atoms with Gasteiger partial charge in [0.05, 0.1) is 17.9 Å². The molecule has 0 saturated heterocycles. The van der Waals surface area contributed by atoms with E-state index in [0.717, 1.165) is 0 Å². The van der Waals surface area contributed by atoms with Crippen molar-refractivity contribution in [2.75, 3.05) is 13.7 Å². The Morgan fingerprint density at radius 3 is 2.45 bits per heavy atom. The zero-order chi connectivity index (χ0) is 16.9. The second kappa shape index (κ2) is 7.60. The summed E-state index contributed by atoms with van der Waals surface area (Å²) < 4.78 is 32.1. The fourth-order valence-electron chi connectivity index (χ4n) is 2.18. The quantitative estimate of drug-likeness (QED) is 0.761. The van der Waals surface area contributed by atoms with E-state index in [1.165, 1.54) is 13.2 Å². The third kappa shape index (κ3) is 4.99. The van der Waals surface area contributed by atoms with Crippen LogP contribution >= 0.6 is 0 Å². The molecule has 0 aliphatic heterocycles. The van der Waals surface area contributed by atoms with Crippen LogP contribution in [0.4, 0.5) is 0 Å². The first-order valence-corrected chi connectivity index (χ1v) is 8.52. The van der Waals surface area contributed by atoms with Crippen molar-refractivity contribution >= 4 is 16.0 Å². The van der Waals surface area contributed by atoms with Crippen molar-refractivity contribution in [2.24, 2.45) is 11.8 Å². The van der Waals surface area contributed by atoms with E-state index < -0.39 is 21.9 Å². The fraction of sp³-hybridized carbons (Fsp3) is 0.533. The predicted octanol–water partition coefficient (Wildman–Crippen LogP) is 2.03. The van der Waals surface area contributed by atoms with Crippen LogP contribution in [-0.2, 0) is 14.8 Å². The highest BCUT2D eigenvalue weighted by molar-refractivity contribution is 7.89. The van der Waals surface area contributed by atoms with Gasteiger partial charge >= 0.3 is 5.97 Å². The van der Waals surface area contributed by atoms with Gasteiger partial charge in [0.25, 0.3) is 0 Å².